The fourth-order valence-electron chi connectivity index (χ4n) is 6.08. The normalized spacial score (nSPS) is 13.1. The van der Waals surface area contributed by atoms with Crippen LogP contribution < -0.4 is 31.7 Å². The van der Waals surface area contributed by atoms with Crippen molar-refractivity contribution in [2.75, 3.05) is 0 Å². The number of fused-ring (bicyclic) bond motifs is 2. The highest BCUT2D eigenvalue weighted by Gasteiger charge is 2.53. The summed E-state index contributed by atoms with van der Waals surface area (Å²) in [5.74, 6) is 1.55. The molecule has 1 unspecified atom stereocenters. The quantitative estimate of drug-likeness (QED) is 0.177. The van der Waals surface area contributed by atoms with E-state index in [-0.39, 0.29) is 44.1 Å². The third kappa shape index (κ3) is 5.27. The summed E-state index contributed by atoms with van der Waals surface area (Å²) < 4.78 is 57.6. The molecular formula is C39H27F3N2O6. The average Bonchev–Trinajstić information content (AvgIpc) is 3.47. The number of alkyl halides is 3. The number of ether oxygens (including phenoxy) is 2. The van der Waals surface area contributed by atoms with Crippen LogP contribution in [-0.2, 0) is 12.5 Å². The molecule has 0 spiro atoms. The van der Waals surface area contributed by atoms with Gasteiger partial charge in [0.05, 0.1) is 27.2 Å². The van der Waals surface area contributed by atoms with E-state index in [1.807, 2.05) is 19.1 Å². The molecule has 0 aliphatic rings. The lowest BCUT2D eigenvalue weighted by molar-refractivity contribution is -0.173. The predicted molar refractivity (Wildman–Crippen MR) is 184 cm³/mol. The van der Waals surface area contributed by atoms with E-state index >= 15 is 0 Å². The van der Waals surface area contributed by atoms with Gasteiger partial charge in [-0.25, -0.2) is 4.57 Å². The lowest BCUT2D eigenvalue weighted by Crippen LogP contribution is -2.40. The van der Waals surface area contributed by atoms with Gasteiger partial charge in [-0.05, 0) is 97.8 Å². The minimum Gasteiger partial charge on any atom is -0.457 e. The first-order valence-electron chi connectivity index (χ1n) is 15.5. The van der Waals surface area contributed by atoms with Crippen molar-refractivity contribution in [2.24, 2.45) is 7.05 Å². The summed E-state index contributed by atoms with van der Waals surface area (Å²) in [4.78, 5) is 51.3. The molecule has 0 fully saturated rings. The summed E-state index contributed by atoms with van der Waals surface area (Å²) in [6.07, 6.45) is -4.63. The minimum atomic E-state index is -4.63. The second-order valence-electron chi connectivity index (χ2n) is 12.2. The molecule has 5 aromatic carbocycles. The van der Waals surface area contributed by atoms with Gasteiger partial charge in [-0.2, -0.15) is 13.2 Å². The molecule has 0 bridgehead atoms. The van der Waals surface area contributed by atoms with Crippen molar-refractivity contribution >= 4 is 21.5 Å². The van der Waals surface area contributed by atoms with Crippen LogP contribution in [0.5, 0.6) is 23.0 Å². The van der Waals surface area contributed by atoms with Gasteiger partial charge < -0.3 is 9.47 Å². The third-order valence-electron chi connectivity index (χ3n) is 9.11. The Morgan fingerprint density at radius 1 is 0.520 bits per heavy atom. The Morgan fingerprint density at radius 3 is 1.24 bits per heavy atom. The van der Waals surface area contributed by atoms with E-state index < -0.39 is 33.8 Å². The van der Waals surface area contributed by atoms with Crippen LogP contribution in [0.3, 0.4) is 0 Å². The number of aryl methyl sites for hydroxylation is 1. The first-order valence-corrected chi connectivity index (χ1v) is 15.5. The second-order valence-corrected chi connectivity index (χ2v) is 12.2. The summed E-state index contributed by atoms with van der Waals surface area (Å²) in [6.45, 7) is 3.07. The standard InChI is InChI=1S/C39H27F3N2O6/c1-22-4-12-26(13-5-22)49-27-14-6-23(7-15-27)38(2,39(40,41)42)24-8-16-28(17-9-24)50-29-18-10-25(11-19-29)44-36(47)32-20-30-31(21-33(32)37(44)48)35(46)43(3)34(30)45/h4-21H,1-3H3. The molecule has 0 saturated carbocycles. The predicted octanol–water partition coefficient (Wildman–Crippen LogP) is 7.20. The zero-order chi connectivity index (χ0) is 35.5. The van der Waals surface area contributed by atoms with Crippen LogP contribution in [0.1, 0.15) is 23.6 Å². The van der Waals surface area contributed by atoms with Crippen LogP contribution in [0.15, 0.2) is 128 Å². The molecule has 250 valence electrons. The molecule has 2 aromatic heterocycles. The summed E-state index contributed by atoms with van der Waals surface area (Å²) in [7, 11) is 1.33. The van der Waals surface area contributed by atoms with Crippen molar-refractivity contribution in [1.82, 2.24) is 9.13 Å². The van der Waals surface area contributed by atoms with Gasteiger partial charge in [0, 0.05) is 7.05 Å². The zero-order valence-corrected chi connectivity index (χ0v) is 26.9. The summed E-state index contributed by atoms with van der Waals surface area (Å²) in [5.41, 5.74) is -3.41. The fourth-order valence-corrected chi connectivity index (χ4v) is 6.08. The van der Waals surface area contributed by atoms with E-state index in [9.17, 15) is 32.3 Å². The van der Waals surface area contributed by atoms with E-state index in [4.69, 9.17) is 9.47 Å². The first-order chi connectivity index (χ1) is 23.8. The smallest absolute Gasteiger partial charge is 0.402 e. The van der Waals surface area contributed by atoms with Crippen molar-refractivity contribution in [2.45, 2.75) is 25.4 Å². The van der Waals surface area contributed by atoms with E-state index in [2.05, 4.69) is 0 Å². The molecular weight excluding hydrogens is 649 g/mol. The van der Waals surface area contributed by atoms with Gasteiger partial charge in [-0.1, -0.05) is 42.0 Å². The average molecular weight is 677 g/mol. The van der Waals surface area contributed by atoms with Crippen LogP contribution in [0.4, 0.5) is 13.2 Å². The lowest BCUT2D eigenvalue weighted by Gasteiger charge is -2.33. The summed E-state index contributed by atoms with van der Waals surface area (Å²) in [6, 6.07) is 27.3. The molecule has 0 aliphatic heterocycles. The Hall–Kier alpha value is -6.23. The van der Waals surface area contributed by atoms with Crippen molar-refractivity contribution < 1.29 is 22.6 Å². The maximum absolute atomic E-state index is 14.7. The highest BCUT2D eigenvalue weighted by Crippen LogP contribution is 2.47. The molecule has 0 N–H and O–H groups in total. The molecule has 2 heterocycles. The van der Waals surface area contributed by atoms with Gasteiger partial charge in [-0.3, -0.25) is 23.7 Å². The second kappa shape index (κ2) is 11.7. The topological polar surface area (TPSA) is 96.6 Å². The Kier molecular flexibility index (Phi) is 7.58. The molecule has 50 heavy (non-hydrogen) atoms. The maximum Gasteiger partial charge on any atom is 0.402 e. The molecule has 0 amide bonds. The molecule has 8 nitrogen and oxygen atoms in total. The van der Waals surface area contributed by atoms with E-state index in [1.165, 1.54) is 92.0 Å². The number of aromatic nitrogens is 2. The largest absolute Gasteiger partial charge is 0.457 e. The van der Waals surface area contributed by atoms with Gasteiger partial charge in [0.1, 0.15) is 28.4 Å². The SMILES string of the molecule is Cc1ccc(Oc2ccc(C(C)(c3ccc(Oc4ccc(-n5c(=O)c6cc7c(=O)n(C)c(=O)c7cc6c5=O)cc4)cc3)C(F)(F)F)cc2)cc1. The molecule has 0 saturated heterocycles. The van der Waals surface area contributed by atoms with Gasteiger partial charge >= 0.3 is 6.18 Å². The van der Waals surface area contributed by atoms with Crippen LogP contribution in [0.2, 0.25) is 0 Å². The van der Waals surface area contributed by atoms with Gasteiger partial charge in [0.15, 0.2) is 0 Å². The number of hydrogen-bond acceptors (Lipinski definition) is 6. The van der Waals surface area contributed by atoms with Crippen molar-refractivity contribution in [1.29, 1.82) is 0 Å². The third-order valence-corrected chi connectivity index (χ3v) is 9.11. The van der Waals surface area contributed by atoms with Crippen LogP contribution in [0.25, 0.3) is 27.2 Å². The fraction of sp³-hybridized carbons (Fsp3) is 0.128. The maximum atomic E-state index is 14.7. The zero-order valence-electron chi connectivity index (χ0n) is 26.9. The van der Waals surface area contributed by atoms with Crippen LogP contribution in [0, 0.1) is 6.92 Å². The van der Waals surface area contributed by atoms with E-state index in [1.54, 1.807) is 12.1 Å². The van der Waals surface area contributed by atoms with E-state index in [0.717, 1.165) is 21.6 Å². The van der Waals surface area contributed by atoms with Crippen molar-refractivity contribution in [3.63, 3.8) is 0 Å². The highest BCUT2D eigenvalue weighted by molar-refractivity contribution is 5.98. The van der Waals surface area contributed by atoms with Crippen LogP contribution >= 0.6 is 0 Å². The minimum absolute atomic E-state index is 0.00606. The van der Waals surface area contributed by atoms with E-state index in [0.29, 0.717) is 17.2 Å². The van der Waals surface area contributed by atoms with Crippen LogP contribution in [-0.4, -0.2) is 15.3 Å². The first kappa shape index (κ1) is 32.3. The Balaban J connectivity index is 1.12. The Bertz CT molecular complexity index is 2540. The molecule has 0 aliphatic carbocycles. The monoisotopic (exact) mass is 676 g/mol. The molecule has 7 rings (SSSR count). The number of rotatable bonds is 7. The number of halogens is 3. The molecule has 1 atom stereocenters. The molecule has 7 aromatic rings. The van der Waals surface area contributed by atoms with Crippen molar-refractivity contribution in [3.8, 4) is 28.7 Å². The summed E-state index contributed by atoms with van der Waals surface area (Å²) >= 11 is 0. The summed E-state index contributed by atoms with van der Waals surface area (Å²) in [5, 5.41) is 0.155. The Labute approximate surface area is 281 Å². The van der Waals surface area contributed by atoms with Gasteiger partial charge in [0.25, 0.3) is 22.2 Å². The van der Waals surface area contributed by atoms with Gasteiger partial charge in [-0.15, -0.1) is 0 Å². The lowest BCUT2D eigenvalue weighted by atomic mass is 9.75. The molecule has 0 radical (unpaired) electrons. The number of benzene rings is 5. The molecule has 11 heteroatoms. The Morgan fingerprint density at radius 2 is 0.860 bits per heavy atom. The number of hydrogen-bond donors (Lipinski definition) is 0. The number of nitrogens with zero attached hydrogens (tertiary/aromatic N) is 2. The van der Waals surface area contributed by atoms with Gasteiger partial charge in [0.2, 0.25) is 0 Å². The van der Waals surface area contributed by atoms with Crippen molar-refractivity contribution in [3.05, 3.63) is 167 Å². The highest BCUT2D eigenvalue weighted by atomic mass is 19.4.